The summed E-state index contributed by atoms with van der Waals surface area (Å²) in [5.74, 6) is -0.979. The number of urea groups is 1. The largest absolute Gasteiger partial charge is 0.479 e. The zero-order valence-corrected chi connectivity index (χ0v) is 13.1. The predicted octanol–water partition coefficient (Wildman–Crippen LogP) is 1.82. The van der Waals surface area contributed by atoms with E-state index in [1.54, 1.807) is 30.4 Å². The first kappa shape index (κ1) is 15.8. The summed E-state index contributed by atoms with van der Waals surface area (Å²) < 4.78 is 4.97. The third-order valence-corrected chi connectivity index (χ3v) is 4.61. The second-order valence-corrected chi connectivity index (χ2v) is 6.03. The summed E-state index contributed by atoms with van der Waals surface area (Å²) in [5.41, 5.74) is 0.748. The van der Waals surface area contributed by atoms with Crippen molar-refractivity contribution in [2.24, 2.45) is 0 Å². The lowest BCUT2D eigenvalue weighted by atomic mass is 10.0. The van der Waals surface area contributed by atoms with E-state index in [4.69, 9.17) is 4.74 Å². The number of hydrogen-bond donors (Lipinski definition) is 1. The van der Waals surface area contributed by atoms with Crippen molar-refractivity contribution in [3.63, 3.8) is 0 Å². The lowest BCUT2D eigenvalue weighted by Crippen LogP contribution is -2.48. The van der Waals surface area contributed by atoms with Crippen molar-refractivity contribution in [2.75, 3.05) is 33.9 Å². The fourth-order valence-electron chi connectivity index (χ4n) is 2.55. The molecule has 0 aliphatic carbocycles. The third kappa shape index (κ3) is 3.36. The molecule has 1 aromatic heterocycles. The number of carbonyl (C=O) groups excluding carboxylic acids is 1. The number of rotatable bonds is 5. The molecule has 0 saturated heterocycles. The normalized spacial score (nSPS) is 17.4. The Morgan fingerprint density at radius 1 is 1.57 bits per heavy atom. The lowest BCUT2D eigenvalue weighted by molar-refractivity contribution is -0.143. The quantitative estimate of drug-likeness (QED) is 0.842. The first-order chi connectivity index (χ1) is 10.1. The maximum absolute atomic E-state index is 12.5. The van der Waals surface area contributed by atoms with E-state index in [0.717, 1.165) is 16.9 Å². The number of carboxylic acid groups (broad SMARTS) is 1. The number of methoxy groups -OCH3 is 1. The minimum Gasteiger partial charge on any atom is -0.479 e. The van der Waals surface area contributed by atoms with Gasteiger partial charge in [0.25, 0.3) is 0 Å². The van der Waals surface area contributed by atoms with E-state index < -0.39 is 12.0 Å². The van der Waals surface area contributed by atoms with Gasteiger partial charge in [0.2, 0.25) is 0 Å². The number of thiophene rings is 1. The molecule has 0 radical (unpaired) electrons. The minimum atomic E-state index is -0.979. The Labute approximate surface area is 127 Å². The highest BCUT2D eigenvalue weighted by Gasteiger charge is 2.37. The van der Waals surface area contributed by atoms with E-state index in [0.29, 0.717) is 26.1 Å². The molecule has 1 aromatic rings. The van der Waals surface area contributed by atoms with Crippen molar-refractivity contribution in [3.05, 3.63) is 21.9 Å². The van der Waals surface area contributed by atoms with Crippen molar-refractivity contribution in [2.45, 2.75) is 18.9 Å². The molecule has 2 heterocycles. The average Bonchev–Trinajstić information content (AvgIpc) is 2.93. The van der Waals surface area contributed by atoms with Crippen LogP contribution in [-0.2, 0) is 16.0 Å². The maximum atomic E-state index is 12.5. The molecule has 2 rings (SSSR count). The Kier molecular flexibility index (Phi) is 5.19. The van der Waals surface area contributed by atoms with Crippen molar-refractivity contribution in [1.29, 1.82) is 0 Å². The van der Waals surface area contributed by atoms with Gasteiger partial charge in [-0.1, -0.05) is 0 Å². The van der Waals surface area contributed by atoms with Crippen molar-refractivity contribution < 1.29 is 19.4 Å². The lowest BCUT2D eigenvalue weighted by Gasteiger charge is -2.35. The van der Waals surface area contributed by atoms with Crippen LogP contribution in [0.3, 0.4) is 0 Å². The predicted molar refractivity (Wildman–Crippen MR) is 79.6 cm³/mol. The molecule has 21 heavy (non-hydrogen) atoms. The van der Waals surface area contributed by atoms with Gasteiger partial charge in [-0.15, -0.1) is 11.3 Å². The zero-order valence-electron chi connectivity index (χ0n) is 12.2. The first-order valence-electron chi connectivity index (χ1n) is 6.86. The molecule has 7 heteroatoms. The van der Waals surface area contributed by atoms with Crippen LogP contribution in [0.4, 0.5) is 4.79 Å². The highest BCUT2D eigenvalue weighted by molar-refractivity contribution is 7.10. The summed E-state index contributed by atoms with van der Waals surface area (Å²) in [6.45, 7) is 1.57. The molecular weight excluding hydrogens is 292 g/mol. The van der Waals surface area contributed by atoms with Crippen molar-refractivity contribution >= 4 is 23.3 Å². The smallest absolute Gasteiger partial charge is 0.331 e. The van der Waals surface area contributed by atoms with Crippen LogP contribution in [0, 0.1) is 0 Å². The summed E-state index contributed by atoms with van der Waals surface area (Å²) in [4.78, 5) is 28.1. The highest BCUT2D eigenvalue weighted by atomic mass is 32.1. The van der Waals surface area contributed by atoms with Crippen LogP contribution >= 0.6 is 11.3 Å². The molecule has 1 aliphatic rings. The van der Waals surface area contributed by atoms with Crippen LogP contribution in [0.2, 0.25) is 0 Å². The molecule has 1 N–H and O–H groups in total. The molecule has 0 spiro atoms. The van der Waals surface area contributed by atoms with E-state index in [9.17, 15) is 14.7 Å². The van der Waals surface area contributed by atoms with Gasteiger partial charge in [0.15, 0.2) is 6.04 Å². The number of ether oxygens (including phenoxy) is 1. The van der Waals surface area contributed by atoms with Gasteiger partial charge in [0, 0.05) is 38.7 Å². The maximum Gasteiger partial charge on any atom is 0.331 e. The van der Waals surface area contributed by atoms with E-state index >= 15 is 0 Å². The van der Waals surface area contributed by atoms with Crippen LogP contribution in [-0.4, -0.2) is 60.8 Å². The summed E-state index contributed by atoms with van der Waals surface area (Å²) in [7, 11) is 3.31. The summed E-state index contributed by atoms with van der Waals surface area (Å²) >= 11 is 1.55. The van der Waals surface area contributed by atoms with Gasteiger partial charge in [0.05, 0.1) is 0 Å². The number of aliphatic carboxylic acids is 1. The fourth-order valence-corrected chi connectivity index (χ4v) is 3.45. The monoisotopic (exact) mass is 312 g/mol. The number of carbonyl (C=O) groups is 2. The summed E-state index contributed by atoms with van der Waals surface area (Å²) in [6.07, 6.45) is 1.45. The SMILES string of the molecule is COCCCN(C)C(=O)N1CCc2sccc2C1C(=O)O. The molecule has 1 unspecified atom stereocenters. The van der Waals surface area contributed by atoms with Gasteiger partial charge in [-0.2, -0.15) is 0 Å². The number of nitrogens with zero attached hydrogens (tertiary/aromatic N) is 2. The number of carboxylic acids is 1. The van der Waals surface area contributed by atoms with Gasteiger partial charge < -0.3 is 19.6 Å². The third-order valence-electron chi connectivity index (χ3n) is 3.61. The topological polar surface area (TPSA) is 70.1 Å². The van der Waals surface area contributed by atoms with E-state index in [2.05, 4.69) is 0 Å². The highest BCUT2D eigenvalue weighted by Crippen LogP contribution is 2.33. The standard InChI is InChI=1S/C14H20N2O4S/c1-15(6-3-8-20-2)14(19)16-7-4-11-10(5-9-21-11)12(16)13(17)18/h5,9,12H,3-4,6-8H2,1-2H3,(H,17,18). The number of hydrogen-bond acceptors (Lipinski definition) is 4. The number of fused-ring (bicyclic) bond motifs is 1. The molecule has 0 aromatic carbocycles. The van der Waals surface area contributed by atoms with E-state index in [-0.39, 0.29) is 6.03 Å². The molecule has 0 saturated carbocycles. The molecule has 0 fully saturated rings. The van der Waals surface area contributed by atoms with Crippen LogP contribution < -0.4 is 0 Å². The Morgan fingerprint density at radius 2 is 2.33 bits per heavy atom. The van der Waals surface area contributed by atoms with E-state index in [1.807, 2.05) is 11.4 Å². The summed E-state index contributed by atoms with van der Waals surface area (Å²) in [5, 5.41) is 11.4. The molecule has 116 valence electrons. The Hall–Kier alpha value is -1.60. The van der Waals surface area contributed by atoms with Gasteiger partial charge >= 0.3 is 12.0 Å². The van der Waals surface area contributed by atoms with Crippen molar-refractivity contribution in [1.82, 2.24) is 9.80 Å². The van der Waals surface area contributed by atoms with E-state index in [1.165, 1.54) is 4.90 Å². The van der Waals surface area contributed by atoms with Gasteiger partial charge in [-0.3, -0.25) is 0 Å². The number of amides is 2. The van der Waals surface area contributed by atoms with Gasteiger partial charge in [-0.05, 0) is 29.9 Å². The minimum absolute atomic E-state index is 0.240. The Balaban J connectivity index is 2.11. The molecular formula is C14H20N2O4S. The van der Waals surface area contributed by atoms with Crippen LogP contribution in [0.5, 0.6) is 0 Å². The molecule has 2 amide bonds. The fraction of sp³-hybridized carbons (Fsp3) is 0.571. The average molecular weight is 312 g/mol. The second kappa shape index (κ2) is 6.91. The molecule has 6 nitrogen and oxygen atoms in total. The summed E-state index contributed by atoms with van der Waals surface area (Å²) in [6, 6.07) is 0.691. The van der Waals surface area contributed by atoms with Crippen molar-refractivity contribution in [3.8, 4) is 0 Å². The van der Waals surface area contributed by atoms with Gasteiger partial charge in [0.1, 0.15) is 0 Å². The zero-order chi connectivity index (χ0) is 15.4. The Morgan fingerprint density at radius 3 is 3.00 bits per heavy atom. The van der Waals surface area contributed by atoms with Crippen LogP contribution in [0.1, 0.15) is 22.9 Å². The van der Waals surface area contributed by atoms with Crippen LogP contribution in [0.15, 0.2) is 11.4 Å². The molecule has 0 bridgehead atoms. The Bertz CT molecular complexity index is 517. The van der Waals surface area contributed by atoms with Crippen LogP contribution in [0.25, 0.3) is 0 Å². The first-order valence-corrected chi connectivity index (χ1v) is 7.74. The molecule has 1 aliphatic heterocycles. The second-order valence-electron chi connectivity index (χ2n) is 5.03. The van der Waals surface area contributed by atoms with Gasteiger partial charge in [-0.25, -0.2) is 9.59 Å². The molecule has 1 atom stereocenters.